The fourth-order valence-electron chi connectivity index (χ4n) is 4.63. The second kappa shape index (κ2) is 9.57. The molecule has 2 amide bonds. The average molecular weight is 463 g/mol. The zero-order valence-electron chi connectivity index (χ0n) is 18.6. The molecule has 1 atom stereocenters. The van der Waals surface area contributed by atoms with Gasteiger partial charge >= 0.3 is 12.1 Å². The van der Waals surface area contributed by atoms with Crippen molar-refractivity contribution < 1.29 is 29.3 Å². The number of nitrogens with one attached hydrogen (secondary N) is 1. The molecule has 4 rings (SSSR count). The van der Waals surface area contributed by atoms with Gasteiger partial charge in [-0.25, -0.2) is 9.59 Å². The van der Waals surface area contributed by atoms with Gasteiger partial charge in [-0.15, -0.1) is 12.3 Å². The molecule has 0 bridgehead atoms. The van der Waals surface area contributed by atoms with Crippen LogP contribution >= 0.6 is 0 Å². The van der Waals surface area contributed by atoms with Gasteiger partial charge in [0, 0.05) is 38.3 Å². The first-order valence-corrected chi connectivity index (χ1v) is 11.1. The van der Waals surface area contributed by atoms with Crippen LogP contribution in [-0.4, -0.2) is 64.4 Å². The number of likely N-dealkylation sites (tertiary alicyclic amines) is 1. The summed E-state index contributed by atoms with van der Waals surface area (Å²) in [4.78, 5) is 38.1. The highest BCUT2D eigenvalue weighted by Gasteiger charge is 2.41. The molecule has 2 aliphatic rings. The fourth-order valence-corrected chi connectivity index (χ4v) is 4.63. The first kappa shape index (κ1) is 23.3. The van der Waals surface area contributed by atoms with Crippen LogP contribution in [0, 0.1) is 12.3 Å². The summed E-state index contributed by atoms with van der Waals surface area (Å²) in [5.74, 6) is 0.534. The molecule has 1 aliphatic heterocycles. The number of fused-ring (bicyclic) bond motifs is 3. The maximum absolute atomic E-state index is 12.9. The number of carboxylic acids is 1. The number of piperidine rings is 1. The largest absolute Gasteiger partial charge is 0.479 e. The van der Waals surface area contributed by atoms with Crippen molar-refractivity contribution in [2.24, 2.45) is 0 Å². The molecule has 0 spiro atoms. The molecule has 3 N–H and O–H groups in total. The SMILES string of the molecule is C#CCC(NC(=O)OCC1c2ccccc2-c2ccccc21)C(=O)N1CCC(O)(C(=O)O)CC1. The molecule has 1 saturated heterocycles. The zero-order chi connectivity index (χ0) is 24.3. The van der Waals surface area contributed by atoms with Crippen LogP contribution in [0.2, 0.25) is 0 Å². The first-order valence-electron chi connectivity index (χ1n) is 11.1. The minimum atomic E-state index is -1.85. The van der Waals surface area contributed by atoms with Gasteiger partial charge in [-0.05, 0) is 22.3 Å². The molecule has 8 nitrogen and oxygen atoms in total. The zero-order valence-corrected chi connectivity index (χ0v) is 18.6. The van der Waals surface area contributed by atoms with Crippen molar-refractivity contribution in [2.45, 2.75) is 36.8 Å². The first-order chi connectivity index (χ1) is 16.3. The van der Waals surface area contributed by atoms with E-state index in [2.05, 4.69) is 11.2 Å². The Morgan fingerprint density at radius 2 is 1.65 bits per heavy atom. The third kappa shape index (κ3) is 4.47. The number of hydrogen-bond acceptors (Lipinski definition) is 5. The average Bonchev–Trinajstić information content (AvgIpc) is 3.16. The Bertz CT molecular complexity index is 1100. The van der Waals surface area contributed by atoms with Gasteiger partial charge in [0.05, 0.1) is 0 Å². The van der Waals surface area contributed by atoms with Crippen molar-refractivity contribution in [3.63, 3.8) is 0 Å². The van der Waals surface area contributed by atoms with E-state index in [1.165, 1.54) is 4.90 Å². The molecule has 8 heteroatoms. The lowest BCUT2D eigenvalue weighted by Gasteiger charge is -2.36. The van der Waals surface area contributed by atoms with E-state index in [4.69, 9.17) is 16.3 Å². The summed E-state index contributed by atoms with van der Waals surface area (Å²) < 4.78 is 5.51. The summed E-state index contributed by atoms with van der Waals surface area (Å²) in [6, 6.07) is 14.9. The van der Waals surface area contributed by atoms with E-state index in [-0.39, 0.29) is 44.9 Å². The Balaban J connectivity index is 1.38. The van der Waals surface area contributed by atoms with Crippen LogP contribution in [0.1, 0.15) is 36.3 Å². The highest BCUT2D eigenvalue weighted by molar-refractivity contribution is 5.87. The van der Waals surface area contributed by atoms with Gasteiger partial charge in [-0.1, -0.05) is 48.5 Å². The van der Waals surface area contributed by atoms with Gasteiger partial charge in [0.25, 0.3) is 0 Å². The molecule has 34 heavy (non-hydrogen) atoms. The number of terminal acetylenes is 1. The van der Waals surface area contributed by atoms with E-state index in [9.17, 15) is 19.5 Å². The molecule has 1 fully saturated rings. The van der Waals surface area contributed by atoms with Gasteiger partial charge in [-0.2, -0.15) is 0 Å². The molecule has 0 saturated carbocycles. The van der Waals surface area contributed by atoms with Crippen LogP contribution < -0.4 is 5.32 Å². The van der Waals surface area contributed by atoms with Crippen molar-refractivity contribution in [1.29, 1.82) is 0 Å². The van der Waals surface area contributed by atoms with Crippen molar-refractivity contribution in [1.82, 2.24) is 10.2 Å². The number of aliphatic carboxylic acids is 1. The Hall–Kier alpha value is -3.83. The lowest BCUT2D eigenvalue weighted by atomic mass is 9.91. The molecule has 2 aromatic rings. The Morgan fingerprint density at radius 3 is 2.18 bits per heavy atom. The van der Waals surface area contributed by atoms with Crippen molar-refractivity contribution in [3.05, 3.63) is 59.7 Å². The van der Waals surface area contributed by atoms with Crippen LogP contribution in [0.4, 0.5) is 4.79 Å². The van der Waals surface area contributed by atoms with Crippen LogP contribution in [0.5, 0.6) is 0 Å². The van der Waals surface area contributed by atoms with Gasteiger partial charge < -0.3 is 25.2 Å². The lowest BCUT2D eigenvalue weighted by molar-refractivity contribution is -0.165. The van der Waals surface area contributed by atoms with Gasteiger partial charge in [-0.3, -0.25) is 4.79 Å². The van der Waals surface area contributed by atoms with E-state index >= 15 is 0 Å². The highest BCUT2D eigenvalue weighted by Crippen LogP contribution is 2.44. The number of rotatable bonds is 6. The number of carbonyl (C=O) groups excluding carboxylic acids is 2. The van der Waals surface area contributed by atoms with Crippen LogP contribution in [0.3, 0.4) is 0 Å². The predicted molar refractivity (Wildman–Crippen MR) is 124 cm³/mol. The quantitative estimate of drug-likeness (QED) is 0.568. The van der Waals surface area contributed by atoms with Crippen LogP contribution in [0.25, 0.3) is 11.1 Å². The molecule has 0 radical (unpaired) electrons. The molecule has 1 aliphatic carbocycles. The molecular weight excluding hydrogens is 436 g/mol. The van der Waals surface area contributed by atoms with E-state index in [1.54, 1.807) is 0 Å². The number of nitrogens with zero attached hydrogens (tertiary/aromatic N) is 1. The molecule has 0 aromatic heterocycles. The van der Waals surface area contributed by atoms with Crippen molar-refractivity contribution >= 4 is 18.0 Å². The number of alkyl carbamates (subject to hydrolysis) is 1. The van der Waals surface area contributed by atoms with Crippen molar-refractivity contribution in [2.75, 3.05) is 19.7 Å². The predicted octanol–water partition coefficient (Wildman–Crippen LogP) is 2.36. The number of benzene rings is 2. The third-order valence-electron chi connectivity index (χ3n) is 6.56. The topological polar surface area (TPSA) is 116 Å². The Kier molecular flexibility index (Phi) is 6.57. The van der Waals surface area contributed by atoms with Gasteiger partial charge in [0.2, 0.25) is 5.91 Å². The van der Waals surface area contributed by atoms with Crippen LogP contribution in [0.15, 0.2) is 48.5 Å². The van der Waals surface area contributed by atoms with Gasteiger partial charge in [0.15, 0.2) is 5.60 Å². The van der Waals surface area contributed by atoms with Crippen molar-refractivity contribution in [3.8, 4) is 23.5 Å². The second-order valence-corrected chi connectivity index (χ2v) is 8.59. The number of hydrogen-bond donors (Lipinski definition) is 3. The number of ether oxygens (including phenoxy) is 1. The standard InChI is InChI=1S/C26H26N2O6/c1-2-7-22(23(29)28-14-12-26(33,13-15-28)24(30)31)27-25(32)34-16-21-19-10-5-3-8-17(19)18-9-4-6-11-20(18)21/h1,3-6,8-11,21-22,33H,7,12-16H2,(H,27,32)(H,30,31). The summed E-state index contributed by atoms with van der Waals surface area (Å²) in [7, 11) is 0. The molecule has 1 unspecified atom stereocenters. The Labute approximate surface area is 197 Å². The summed E-state index contributed by atoms with van der Waals surface area (Å²) in [6.07, 6.45) is 4.42. The van der Waals surface area contributed by atoms with E-state index < -0.39 is 29.6 Å². The summed E-state index contributed by atoms with van der Waals surface area (Å²) in [6.45, 7) is 0.205. The minimum absolute atomic E-state index is 0.0390. The molecule has 176 valence electrons. The second-order valence-electron chi connectivity index (χ2n) is 8.59. The monoisotopic (exact) mass is 462 g/mol. The number of carbonyl (C=O) groups is 3. The van der Waals surface area contributed by atoms with Gasteiger partial charge in [0.1, 0.15) is 12.6 Å². The van der Waals surface area contributed by atoms with E-state index in [0.29, 0.717) is 0 Å². The number of carboxylic acid groups (broad SMARTS) is 1. The number of aliphatic hydroxyl groups is 1. The normalized spacial score (nSPS) is 17.1. The summed E-state index contributed by atoms with van der Waals surface area (Å²) in [5, 5.41) is 21.8. The maximum atomic E-state index is 12.9. The minimum Gasteiger partial charge on any atom is -0.479 e. The lowest BCUT2D eigenvalue weighted by Crippen LogP contribution is -2.55. The maximum Gasteiger partial charge on any atom is 0.407 e. The molecule has 2 aromatic carbocycles. The van der Waals surface area contributed by atoms with E-state index in [0.717, 1.165) is 22.3 Å². The fraction of sp³-hybridized carbons (Fsp3) is 0.346. The Morgan fingerprint density at radius 1 is 1.09 bits per heavy atom. The summed E-state index contributed by atoms with van der Waals surface area (Å²) in [5.41, 5.74) is 2.52. The third-order valence-corrected chi connectivity index (χ3v) is 6.56. The molecular formula is C26H26N2O6. The van der Waals surface area contributed by atoms with Crippen LogP contribution in [-0.2, 0) is 14.3 Å². The number of amides is 2. The summed E-state index contributed by atoms with van der Waals surface area (Å²) >= 11 is 0. The molecule has 1 heterocycles. The van der Waals surface area contributed by atoms with E-state index in [1.807, 2.05) is 48.5 Å². The highest BCUT2D eigenvalue weighted by atomic mass is 16.5. The smallest absolute Gasteiger partial charge is 0.407 e.